The first-order valence-corrected chi connectivity index (χ1v) is 10.9. The van der Waals surface area contributed by atoms with Crippen LogP contribution in [0.5, 0.6) is 0 Å². The molecular weight excluding hydrogens is 444 g/mol. The number of amides is 1. The van der Waals surface area contributed by atoms with Crippen molar-refractivity contribution in [2.24, 2.45) is 0 Å². The Morgan fingerprint density at radius 2 is 1.84 bits per heavy atom. The van der Waals surface area contributed by atoms with Gasteiger partial charge in [-0.05, 0) is 29.7 Å². The molecule has 0 saturated carbocycles. The van der Waals surface area contributed by atoms with Gasteiger partial charge in [-0.2, -0.15) is 30.2 Å². The highest BCUT2D eigenvalue weighted by atomic mass is 32.2. The normalized spacial score (nSPS) is 22.2. The monoisotopic (exact) mass is 466 g/mol. The van der Waals surface area contributed by atoms with Crippen LogP contribution in [0.15, 0.2) is 30.3 Å². The van der Waals surface area contributed by atoms with Crippen LogP contribution in [0.25, 0.3) is 5.57 Å². The third-order valence-corrected chi connectivity index (χ3v) is 7.25. The smallest absolute Gasteiger partial charge is 0.292 e. The third kappa shape index (κ3) is 5.60. The van der Waals surface area contributed by atoms with E-state index in [1.165, 1.54) is 17.6 Å². The number of carbonyl (C=O) groups excluding carboxylic acids is 1. The average molecular weight is 466 g/mol. The van der Waals surface area contributed by atoms with Crippen molar-refractivity contribution in [2.75, 3.05) is 39.3 Å². The Kier molecular flexibility index (Phi) is 7.01. The van der Waals surface area contributed by atoms with Crippen LogP contribution in [0.1, 0.15) is 12.0 Å². The van der Waals surface area contributed by atoms with Crippen LogP contribution in [0.4, 0.5) is 17.6 Å². The number of nitrogens with one attached hydrogen (secondary N) is 1. The molecule has 0 spiro atoms. The van der Waals surface area contributed by atoms with Gasteiger partial charge in [-0.15, -0.1) is 0 Å². The fraction of sp³-hybridized carbons (Fsp3) is 0.500. The van der Waals surface area contributed by atoms with Gasteiger partial charge in [0.05, 0.1) is 6.54 Å². The number of nitrogens with zero attached hydrogens (tertiary/aromatic N) is 3. The third-order valence-electron chi connectivity index (χ3n) is 5.24. The Bertz CT molecular complexity index is 937. The molecule has 1 unspecified atom stereocenters. The second-order valence-corrected chi connectivity index (χ2v) is 9.19. The topological polar surface area (TPSA) is 93.2 Å². The van der Waals surface area contributed by atoms with Crippen LogP contribution in [-0.2, 0) is 15.0 Å². The maximum atomic E-state index is 13.1. The first-order chi connectivity index (χ1) is 14.5. The number of piperazine rings is 1. The van der Waals surface area contributed by atoms with Gasteiger partial charge in [0.2, 0.25) is 0 Å². The highest BCUT2D eigenvalue weighted by molar-refractivity contribution is 7.86. The zero-order valence-corrected chi connectivity index (χ0v) is 17.2. The molecule has 1 fully saturated rings. The van der Waals surface area contributed by atoms with Crippen molar-refractivity contribution in [3.8, 4) is 0 Å². The van der Waals surface area contributed by atoms with Crippen molar-refractivity contribution in [1.29, 1.82) is 0 Å². The molecule has 2 heterocycles. The predicted octanol–water partition coefficient (Wildman–Crippen LogP) is 1.21. The summed E-state index contributed by atoms with van der Waals surface area (Å²) in [5, 5.41) is 8.97. The lowest BCUT2D eigenvalue weighted by Gasteiger charge is -2.41. The van der Waals surface area contributed by atoms with E-state index in [0.717, 1.165) is 24.6 Å². The van der Waals surface area contributed by atoms with Crippen molar-refractivity contribution in [2.45, 2.75) is 18.6 Å². The van der Waals surface area contributed by atoms with Gasteiger partial charge < -0.3 is 0 Å². The second-order valence-electron chi connectivity index (χ2n) is 7.30. The van der Waals surface area contributed by atoms with Crippen LogP contribution < -0.4 is 5.48 Å². The standard InChI is InChI=1S/C18H22F4N4O4S/c19-15-3-1-13(2-4-15)14-5-7-25(8-6-14)31(29,30)26-10-9-24(12-18(20,21)22)11-16(26)17(27)23-28/h1-5,16,28H,6-12H2,(H,23,27). The second kappa shape index (κ2) is 9.20. The molecule has 1 saturated heterocycles. The lowest BCUT2D eigenvalue weighted by atomic mass is 10.0. The van der Waals surface area contributed by atoms with Gasteiger partial charge in [-0.1, -0.05) is 18.2 Å². The summed E-state index contributed by atoms with van der Waals surface area (Å²) >= 11 is 0. The Morgan fingerprint density at radius 3 is 2.39 bits per heavy atom. The Hall–Kier alpha value is -2.06. The molecular formula is C18H22F4N4O4S. The van der Waals surface area contributed by atoms with Gasteiger partial charge in [0, 0.05) is 32.7 Å². The van der Waals surface area contributed by atoms with Gasteiger partial charge in [0.15, 0.2) is 0 Å². The van der Waals surface area contributed by atoms with Crippen molar-refractivity contribution in [3.05, 3.63) is 41.7 Å². The molecule has 1 aromatic carbocycles. The summed E-state index contributed by atoms with van der Waals surface area (Å²) in [6, 6.07) is 4.28. The van der Waals surface area contributed by atoms with E-state index in [4.69, 9.17) is 5.21 Å². The maximum absolute atomic E-state index is 13.1. The minimum Gasteiger partial charge on any atom is -0.292 e. The highest BCUT2D eigenvalue weighted by Gasteiger charge is 2.44. The molecule has 31 heavy (non-hydrogen) atoms. The fourth-order valence-corrected chi connectivity index (χ4v) is 5.40. The van der Waals surface area contributed by atoms with Crippen LogP contribution in [0, 0.1) is 5.82 Å². The number of hydroxylamine groups is 1. The Balaban J connectivity index is 1.75. The first-order valence-electron chi connectivity index (χ1n) is 9.46. The van der Waals surface area contributed by atoms with Gasteiger partial charge >= 0.3 is 6.18 Å². The summed E-state index contributed by atoms with van der Waals surface area (Å²) in [5.41, 5.74) is 2.94. The van der Waals surface area contributed by atoms with E-state index < -0.39 is 41.4 Å². The van der Waals surface area contributed by atoms with E-state index in [0.29, 0.717) is 6.42 Å². The fourth-order valence-electron chi connectivity index (χ4n) is 3.72. The SMILES string of the molecule is O=C(NO)C1CN(CC(F)(F)F)CCN1S(=O)(=O)N1CC=C(c2ccc(F)cc2)CC1. The summed E-state index contributed by atoms with van der Waals surface area (Å²) < 4.78 is 79.4. The molecule has 1 atom stereocenters. The first kappa shape index (κ1) is 23.6. The largest absolute Gasteiger partial charge is 0.401 e. The minimum atomic E-state index is -4.50. The molecule has 0 aromatic heterocycles. The van der Waals surface area contributed by atoms with Crippen molar-refractivity contribution in [1.82, 2.24) is 19.0 Å². The number of hydrogen-bond acceptors (Lipinski definition) is 5. The van der Waals surface area contributed by atoms with Crippen molar-refractivity contribution in [3.63, 3.8) is 0 Å². The zero-order valence-electron chi connectivity index (χ0n) is 16.3. The van der Waals surface area contributed by atoms with E-state index in [2.05, 4.69) is 0 Å². The van der Waals surface area contributed by atoms with E-state index in [1.54, 1.807) is 18.2 Å². The van der Waals surface area contributed by atoms with Crippen molar-refractivity contribution >= 4 is 21.7 Å². The van der Waals surface area contributed by atoms with E-state index >= 15 is 0 Å². The predicted molar refractivity (Wildman–Crippen MR) is 102 cm³/mol. The Morgan fingerprint density at radius 1 is 1.16 bits per heavy atom. The molecule has 3 rings (SSSR count). The molecule has 172 valence electrons. The molecule has 0 bridgehead atoms. The van der Waals surface area contributed by atoms with Crippen molar-refractivity contribution < 1.29 is 36.0 Å². The molecule has 8 nitrogen and oxygen atoms in total. The van der Waals surface area contributed by atoms with E-state index in [9.17, 15) is 30.8 Å². The van der Waals surface area contributed by atoms with Gasteiger partial charge in [0.25, 0.3) is 16.1 Å². The molecule has 1 aromatic rings. The van der Waals surface area contributed by atoms with Gasteiger partial charge in [-0.3, -0.25) is 14.9 Å². The number of halogens is 4. The summed E-state index contributed by atoms with van der Waals surface area (Å²) in [6.07, 6.45) is -2.49. The van der Waals surface area contributed by atoms with E-state index in [1.807, 2.05) is 0 Å². The lowest BCUT2D eigenvalue weighted by Crippen LogP contribution is -2.63. The number of benzene rings is 1. The maximum Gasteiger partial charge on any atom is 0.401 e. The van der Waals surface area contributed by atoms with Crippen LogP contribution in [0.3, 0.4) is 0 Å². The molecule has 13 heteroatoms. The average Bonchev–Trinajstić information content (AvgIpc) is 2.72. The number of carbonyl (C=O) groups is 1. The summed E-state index contributed by atoms with van der Waals surface area (Å²) in [5.74, 6) is -1.49. The molecule has 1 amide bonds. The number of alkyl halides is 3. The molecule has 0 aliphatic carbocycles. The Labute approximate surface area is 176 Å². The highest BCUT2D eigenvalue weighted by Crippen LogP contribution is 2.27. The zero-order chi connectivity index (χ0) is 22.8. The number of hydrogen-bond donors (Lipinski definition) is 2. The molecule has 2 aliphatic rings. The molecule has 2 N–H and O–H groups in total. The van der Waals surface area contributed by atoms with Crippen LogP contribution in [0.2, 0.25) is 0 Å². The summed E-state index contributed by atoms with van der Waals surface area (Å²) in [7, 11) is -4.19. The van der Waals surface area contributed by atoms with Crippen LogP contribution >= 0.6 is 0 Å². The lowest BCUT2D eigenvalue weighted by molar-refractivity contribution is -0.154. The van der Waals surface area contributed by atoms with Gasteiger partial charge in [0.1, 0.15) is 11.9 Å². The number of rotatable bonds is 5. The summed E-state index contributed by atoms with van der Waals surface area (Å²) in [6.45, 7) is -2.26. The minimum absolute atomic E-state index is 0.00866. The van der Waals surface area contributed by atoms with E-state index in [-0.39, 0.29) is 32.0 Å². The summed E-state index contributed by atoms with van der Waals surface area (Å²) in [4.78, 5) is 13.0. The van der Waals surface area contributed by atoms with Crippen LogP contribution in [-0.4, -0.2) is 84.5 Å². The quantitative estimate of drug-likeness (QED) is 0.387. The molecule has 2 aliphatic heterocycles. The molecule has 0 radical (unpaired) electrons. The van der Waals surface area contributed by atoms with Gasteiger partial charge in [-0.25, -0.2) is 9.87 Å².